The van der Waals surface area contributed by atoms with E-state index in [-0.39, 0.29) is 24.2 Å². The number of piperidine rings is 1. The zero-order chi connectivity index (χ0) is 11.5. The van der Waals surface area contributed by atoms with Crippen LogP contribution >= 0.6 is 12.4 Å². The molecule has 0 saturated carbocycles. The van der Waals surface area contributed by atoms with Crippen LogP contribution in [0.5, 0.6) is 0 Å². The SMILES string of the molecule is CC(C)(NC(=O)C1CCCNC1)C(N)=O.Cl. The van der Waals surface area contributed by atoms with E-state index in [1.165, 1.54) is 0 Å². The van der Waals surface area contributed by atoms with Crippen molar-refractivity contribution in [2.75, 3.05) is 13.1 Å². The predicted octanol–water partition coefficient (Wildman–Crippen LogP) is -0.212. The molecule has 1 unspecified atom stereocenters. The highest BCUT2D eigenvalue weighted by atomic mass is 35.5. The molecule has 0 bridgehead atoms. The standard InChI is InChI=1S/C10H19N3O2.ClH/c1-10(2,9(11)15)13-8(14)7-4-3-5-12-6-7;/h7,12H,3-6H2,1-2H3,(H2,11,15)(H,13,14);1H. The van der Waals surface area contributed by atoms with Crippen LogP contribution in [0.4, 0.5) is 0 Å². The van der Waals surface area contributed by atoms with E-state index in [0.717, 1.165) is 19.4 Å². The van der Waals surface area contributed by atoms with Gasteiger partial charge in [-0.05, 0) is 33.2 Å². The molecule has 1 fully saturated rings. The number of carbonyl (C=O) groups is 2. The molecule has 1 atom stereocenters. The van der Waals surface area contributed by atoms with Gasteiger partial charge in [-0.1, -0.05) is 0 Å². The molecule has 94 valence electrons. The lowest BCUT2D eigenvalue weighted by Crippen LogP contribution is -2.55. The molecule has 0 radical (unpaired) electrons. The minimum absolute atomic E-state index is 0. The zero-order valence-electron chi connectivity index (χ0n) is 9.71. The van der Waals surface area contributed by atoms with Gasteiger partial charge in [0.05, 0.1) is 5.92 Å². The van der Waals surface area contributed by atoms with Crippen LogP contribution in [0.2, 0.25) is 0 Å². The van der Waals surface area contributed by atoms with E-state index in [0.29, 0.717) is 6.54 Å². The van der Waals surface area contributed by atoms with Crippen LogP contribution in [0.1, 0.15) is 26.7 Å². The number of halogens is 1. The molecule has 1 aliphatic rings. The van der Waals surface area contributed by atoms with Crippen molar-refractivity contribution in [3.63, 3.8) is 0 Å². The van der Waals surface area contributed by atoms with Gasteiger partial charge in [-0.25, -0.2) is 0 Å². The molecule has 4 N–H and O–H groups in total. The summed E-state index contributed by atoms with van der Waals surface area (Å²) in [5.74, 6) is -0.650. The average Bonchev–Trinajstić information content (AvgIpc) is 2.18. The number of amides is 2. The quantitative estimate of drug-likeness (QED) is 0.647. The van der Waals surface area contributed by atoms with Gasteiger partial charge in [0.25, 0.3) is 0 Å². The molecule has 0 aliphatic carbocycles. The molecule has 16 heavy (non-hydrogen) atoms. The molecular formula is C10H20ClN3O2. The number of carbonyl (C=O) groups excluding carboxylic acids is 2. The molecule has 2 amide bonds. The Morgan fingerprint density at radius 1 is 1.44 bits per heavy atom. The zero-order valence-corrected chi connectivity index (χ0v) is 10.5. The summed E-state index contributed by atoms with van der Waals surface area (Å²) in [5.41, 5.74) is 4.22. The lowest BCUT2D eigenvalue weighted by atomic mass is 9.96. The third-order valence-corrected chi connectivity index (χ3v) is 2.72. The molecule has 6 heteroatoms. The molecule has 0 aromatic carbocycles. The van der Waals surface area contributed by atoms with Crippen molar-refractivity contribution in [3.8, 4) is 0 Å². The fourth-order valence-corrected chi connectivity index (χ4v) is 1.55. The second kappa shape index (κ2) is 6.06. The van der Waals surface area contributed by atoms with Crippen LogP contribution in [-0.2, 0) is 9.59 Å². The number of hydrogen-bond acceptors (Lipinski definition) is 3. The predicted molar refractivity (Wildman–Crippen MR) is 64.3 cm³/mol. The van der Waals surface area contributed by atoms with Crippen molar-refractivity contribution in [2.45, 2.75) is 32.2 Å². The summed E-state index contributed by atoms with van der Waals surface area (Å²) in [4.78, 5) is 22.8. The Kier molecular flexibility index (Phi) is 5.75. The van der Waals surface area contributed by atoms with E-state index < -0.39 is 11.4 Å². The summed E-state index contributed by atoms with van der Waals surface area (Å²) in [5, 5.41) is 5.83. The minimum atomic E-state index is -0.964. The molecule has 1 saturated heterocycles. The highest BCUT2D eigenvalue weighted by molar-refractivity contribution is 5.90. The lowest BCUT2D eigenvalue weighted by Gasteiger charge is -2.27. The molecular weight excluding hydrogens is 230 g/mol. The van der Waals surface area contributed by atoms with Gasteiger partial charge in [0, 0.05) is 6.54 Å². The highest BCUT2D eigenvalue weighted by Crippen LogP contribution is 2.12. The smallest absolute Gasteiger partial charge is 0.242 e. The minimum Gasteiger partial charge on any atom is -0.368 e. The van der Waals surface area contributed by atoms with Gasteiger partial charge >= 0.3 is 0 Å². The average molecular weight is 250 g/mol. The maximum atomic E-state index is 11.8. The van der Waals surface area contributed by atoms with Gasteiger partial charge in [-0.2, -0.15) is 0 Å². The summed E-state index contributed by atoms with van der Waals surface area (Å²) in [7, 11) is 0. The maximum Gasteiger partial charge on any atom is 0.242 e. The molecule has 1 rings (SSSR count). The fourth-order valence-electron chi connectivity index (χ4n) is 1.55. The topological polar surface area (TPSA) is 84.2 Å². The number of rotatable bonds is 3. The van der Waals surface area contributed by atoms with Gasteiger partial charge in [0.15, 0.2) is 0 Å². The van der Waals surface area contributed by atoms with E-state index in [2.05, 4.69) is 10.6 Å². The first-order valence-electron chi connectivity index (χ1n) is 5.26. The van der Waals surface area contributed by atoms with Crippen molar-refractivity contribution in [2.24, 2.45) is 11.7 Å². The van der Waals surface area contributed by atoms with Gasteiger partial charge in [0.2, 0.25) is 11.8 Å². The molecule has 5 nitrogen and oxygen atoms in total. The lowest BCUT2D eigenvalue weighted by molar-refractivity contribution is -0.133. The first kappa shape index (κ1) is 15.2. The van der Waals surface area contributed by atoms with E-state index in [1.54, 1.807) is 13.8 Å². The van der Waals surface area contributed by atoms with Crippen molar-refractivity contribution in [1.29, 1.82) is 0 Å². The number of hydrogen-bond donors (Lipinski definition) is 3. The maximum absolute atomic E-state index is 11.8. The van der Waals surface area contributed by atoms with E-state index >= 15 is 0 Å². The summed E-state index contributed by atoms with van der Waals surface area (Å²) in [6, 6.07) is 0. The first-order chi connectivity index (χ1) is 6.93. The Labute approximate surface area is 102 Å². The normalized spacial score (nSPS) is 20.8. The summed E-state index contributed by atoms with van der Waals surface area (Å²) < 4.78 is 0. The summed E-state index contributed by atoms with van der Waals surface area (Å²) >= 11 is 0. The molecule has 1 heterocycles. The largest absolute Gasteiger partial charge is 0.368 e. The summed E-state index contributed by atoms with van der Waals surface area (Å²) in [6.45, 7) is 4.87. The molecule has 0 aromatic heterocycles. The highest BCUT2D eigenvalue weighted by Gasteiger charge is 2.30. The fraction of sp³-hybridized carbons (Fsp3) is 0.800. The Balaban J connectivity index is 0.00000225. The number of primary amides is 1. The summed E-state index contributed by atoms with van der Waals surface area (Å²) in [6.07, 6.45) is 1.86. The Hall–Kier alpha value is -0.810. The second-order valence-corrected chi connectivity index (χ2v) is 4.52. The van der Waals surface area contributed by atoms with Crippen LogP contribution in [-0.4, -0.2) is 30.4 Å². The van der Waals surface area contributed by atoms with Gasteiger partial charge in [-0.15, -0.1) is 12.4 Å². The van der Waals surface area contributed by atoms with Crippen LogP contribution in [0.3, 0.4) is 0 Å². The first-order valence-corrected chi connectivity index (χ1v) is 5.26. The molecule has 0 aromatic rings. The van der Waals surface area contributed by atoms with E-state index in [4.69, 9.17) is 5.73 Å². The van der Waals surface area contributed by atoms with Crippen molar-refractivity contribution in [1.82, 2.24) is 10.6 Å². The Morgan fingerprint density at radius 3 is 2.50 bits per heavy atom. The second-order valence-electron chi connectivity index (χ2n) is 4.52. The monoisotopic (exact) mass is 249 g/mol. The van der Waals surface area contributed by atoms with E-state index in [9.17, 15) is 9.59 Å². The van der Waals surface area contributed by atoms with Gasteiger partial charge in [0.1, 0.15) is 5.54 Å². The van der Waals surface area contributed by atoms with Crippen molar-refractivity contribution in [3.05, 3.63) is 0 Å². The molecule has 1 aliphatic heterocycles. The number of nitrogens with two attached hydrogens (primary N) is 1. The van der Waals surface area contributed by atoms with Gasteiger partial charge in [-0.3, -0.25) is 9.59 Å². The molecule has 0 spiro atoms. The third kappa shape index (κ3) is 3.98. The Morgan fingerprint density at radius 2 is 2.06 bits per heavy atom. The van der Waals surface area contributed by atoms with Crippen LogP contribution in [0.25, 0.3) is 0 Å². The van der Waals surface area contributed by atoms with Crippen molar-refractivity contribution < 1.29 is 9.59 Å². The Bertz CT molecular complexity index is 263. The van der Waals surface area contributed by atoms with Gasteiger partial charge < -0.3 is 16.4 Å². The van der Waals surface area contributed by atoms with E-state index in [1.807, 2.05) is 0 Å². The number of nitrogens with one attached hydrogen (secondary N) is 2. The van der Waals surface area contributed by atoms with Crippen molar-refractivity contribution >= 4 is 24.2 Å². The third-order valence-electron chi connectivity index (χ3n) is 2.72. The van der Waals surface area contributed by atoms with Crippen LogP contribution in [0, 0.1) is 5.92 Å². The van der Waals surface area contributed by atoms with Crippen LogP contribution in [0.15, 0.2) is 0 Å². The van der Waals surface area contributed by atoms with Crippen LogP contribution < -0.4 is 16.4 Å².